The molecule has 19 heavy (non-hydrogen) atoms. The van der Waals surface area contributed by atoms with Crippen LogP contribution in [0.4, 0.5) is 0 Å². The van der Waals surface area contributed by atoms with Gasteiger partial charge in [-0.2, -0.15) is 0 Å². The molecule has 1 aromatic carbocycles. The van der Waals surface area contributed by atoms with Crippen molar-refractivity contribution in [2.45, 2.75) is 47.8 Å². The maximum Gasteiger partial charge on any atom is 0.234 e. The quantitative estimate of drug-likeness (QED) is 0.889. The van der Waals surface area contributed by atoms with E-state index in [4.69, 9.17) is 5.73 Å². The number of hydrogen-bond donors (Lipinski definition) is 2. The molecule has 0 radical (unpaired) electrons. The number of hydrogen-bond acceptors (Lipinski definition) is 3. The standard InChI is InChI=1S/C15H20N2OS/c16-10-15(7-3-4-8-15)17-14(18)13-9-11-5-1-2-6-12(11)19-13/h1-2,5-6,13H,3-4,7-10,16H2,(H,17,18). The first-order valence-electron chi connectivity index (χ1n) is 6.99. The van der Waals surface area contributed by atoms with E-state index in [2.05, 4.69) is 17.4 Å². The Morgan fingerprint density at radius 1 is 1.37 bits per heavy atom. The van der Waals surface area contributed by atoms with Crippen LogP contribution in [0.5, 0.6) is 0 Å². The average Bonchev–Trinajstić information content (AvgIpc) is 3.05. The Hall–Kier alpha value is -1.00. The molecule has 1 fully saturated rings. The van der Waals surface area contributed by atoms with Crippen molar-refractivity contribution in [1.82, 2.24) is 5.32 Å². The zero-order valence-corrected chi connectivity index (χ0v) is 11.8. The fourth-order valence-corrected chi connectivity index (χ4v) is 4.30. The van der Waals surface area contributed by atoms with E-state index in [1.165, 1.54) is 23.3 Å². The molecule has 2 aliphatic rings. The fraction of sp³-hybridized carbons (Fsp3) is 0.533. The van der Waals surface area contributed by atoms with Crippen LogP contribution in [0.25, 0.3) is 0 Å². The van der Waals surface area contributed by atoms with Gasteiger partial charge in [0.15, 0.2) is 0 Å². The monoisotopic (exact) mass is 276 g/mol. The van der Waals surface area contributed by atoms with Crippen molar-refractivity contribution in [2.24, 2.45) is 5.73 Å². The van der Waals surface area contributed by atoms with Crippen LogP contribution in [0.2, 0.25) is 0 Å². The minimum absolute atomic E-state index is 0.0152. The van der Waals surface area contributed by atoms with Crippen molar-refractivity contribution in [2.75, 3.05) is 6.54 Å². The zero-order chi connectivity index (χ0) is 13.3. The van der Waals surface area contributed by atoms with E-state index in [1.54, 1.807) is 11.8 Å². The average molecular weight is 276 g/mol. The second-order valence-corrected chi connectivity index (χ2v) is 6.84. The van der Waals surface area contributed by atoms with E-state index in [0.29, 0.717) is 6.54 Å². The summed E-state index contributed by atoms with van der Waals surface area (Å²) < 4.78 is 0. The summed E-state index contributed by atoms with van der Waals surface area (Å²) in [4.78, 5) is 13.7. The summed E-state index contributed by atoms with van der Waals surface area (Å²) in [6.45, 7) is 0.559. The number of nitrogens with one attached hydrogen (secondary N) is 1. The van der Waals surface area contributed by atoms with Crippen molar-refractivity contribution < 1.29 is 4.79 Å². The van der Waals surface area contributed by atoms with Crippen LogP contribution >= 0.6 is 11.8 Å². The first kappa shape index (κ1) is 13.0. The topological polar surface area (TPSA) is 55.1 Å². The van der Waals surface area contributed by atoms with Crippen molar-refractivity contribution in [1.29, 1.82) is 0 Å². The third-order valence-electron chi connectivity index (χ3n) is 4.28. The number of amides is 1. The molecule has 4 heteroatoms. The summed E-state index contributed by atoms with van der Waals surface area (Å²) in [5.41, 5.74) is 7.04. The molecule has 102 valence electrons. The molecule has 1 unspecified atom stereocenters. The molecule has 1 aliphatic carbocycles. The highest BCUT2D eigenvalue weighted by atomic mass is 32.2. The zero-order valence-electron chi connectivity index (χ0n) is 11.0. The smallest absolute Gasteiger partial charge is 0.234 e. The second kappa shape index (κ2) is 5.17. The second-order valence-electron chi connectivity index (χ2n) is 5.60. The fourth-order valence-electron chi connectivity index (χ4n) is 3.10. The SMILES string of the molecule is NCC1(NC(=O)C2Cc3ccccc3S2)CCCC1. The maximum atomic E-state index is 12.4. The van der Waals surface area contributed by atoms with Gasteiger partial charge < -0.3 is 11.1 Å². The molecule has 1 saturated carbocycles. The van der Waals surface area contributed by atoms with E-state index in [0.717, 1.165) is 19.3 Å². The van der Waals surface area contributed by atoms with Crippen LogP contribution in [0.1, 0.15) is 31.2 Å². The van der Waals surface area contributed by atoms with Crippen molar-refractivity contribution in [3.05, 3.63) is 29.8 Å². The van der Waals surface area contributed by atoms with E-state index in [9.17, 15) is 4.79 Å². The molecule has 3 N–H and O–H groups in total. The lowest BCUT2D eigenvalue weighted by molar-refractivity contribution is -0.122. The first-order chi connectivity index (χ1) is 9.22. The third-order valence-corrected chi connectivity index (χ3v) is 5.60. The number of benzene rings is 1. The van der Waals surface area contributed by atoms with Crippen LogP contribution in [0.3, 0.4) is 0 Å². The third kappa shape index (κ3) is 2.51. The van der Waals surface area contributed by atoms with Crippen LogP contribution in [0.15, 0.2) is 29.2 Å². The highest BCUT2D eigenvalue weighted by Gasteiger charge is 2.37. The molecular weight excluding hydrogens is 256 g/mol. The minimum Gasteiger partial charge on any atom is -0.348 e. The van der Waals surface area contributed by atoms with Crippen molar-refractivity contribution in [3.8, 4) is 0 Å². The molecule has 1 amide bonds. The molecule has 0 spiro atoms. The summed E-state index contributed by atoms with van der Waals surface area (Å²) in [5.74, 6) is 0.161. The normalized spacial score (nSPS) is 24.2. The summed E-state index contributed by atoms with van der Waals surface area (Å²) in [5, 5.41) is 3.25. The number of carbonyl (C=O) groups excluding carboxylic acids is 1. The van der Waals surface area contributed by atoms with Crippen molar-refractivity contribution in [3.63, 3.8) is 0 Å². The Morgan fingerprint density at radius 3 is 2.79 bits per heavy atom. The van der Waals surface area contributed by atoms with Crippen LogP contribution in [-0.4, -0.2) is 23.2 Å². The predicted octanol–water partition coefficient (Wildman–Crippen LogP) is 2.09. The van der Waals surface area contributed by atoms with Gasteiger partial charge in [-0.25, -0.2) is 0 Å². The number of thioether (sulfide) groups is 1. The largest absolute Gasteiger partial charge is 0.348 e. The van der Waals surface area contributed by atoms with Gasteiger partial charge in [-0.1, -0.05) is 31.0 Å². The van der Waals surface area contributed by atoms with Crippen LogP contribution in [-0.2, 0) is 11.2 Å². The van der Waals surface area contributed by atoms with Gasteiger partial charge in [-0.3, -0.25) is 4.79 Å². The predicted molar refractivity (Wildman–Crippen MR) is 78.2 cm³/mol. The van der Waals surface area contributed by atoms with Gasteiger partial charge >= 0.3 is 0 Å². The number of fused-ring (bicyclic) bond motifs is 1. The van der Waals surface area contributed by atoms with Gasteiger partial charge in [0, 0.05) is 11.4 Å². The summed E-state index contributed by atoms with van der Waals surface area (Å²) in [6.07, 6.45) is 5.25. The van der Waals surface area contributed by atoms with Crippen molar-refractivity contribution >= 4 is 17.7 Å². The molecular formula is C15H20N2OS. The summed E-state index contributed by atoms with van der Waals surface area (Å²) in [7, 11) is 0. The Morgan fingerprint density at radius 2 is 2.11 bits per heavy atom. The van der Waals surface area contributed by atoms with Crippen LogP contribution in [0, 0.1) is 0 Å². The molecule has 0 saturated heterocycles. The van der Waals surface area contributed by atoms with E-state index < -0.39 is 0 Å². The lowest BCUT2D eigenvalue weighted by Crippen LogP contribution is -2.53. The highest BCUT2D eigenvalue weighted by Crippen LogP contribution is 2.37. The van der Waals surface area contributed by atoms with Crippen LogP contribution < -0.4 is 11.1 Å². The molecule has 1 atom stereocenters. The lowest BCUT2D eigenvalue weighted by atomic mass is 9.97. The molecule has 3 nitrogen and oxygen atoms in total. The van der Waals surface area contributed by atoms with Gasteiger partial charge in [-0.05, 0) is 30.9 Å². The first-order valence-corrected chi connectivity index (χ1v) is 7.87. The molecule has 0 bridgehead atoms. The highest BCUT2D eigenvalue weighted by molar-refractivity contribution is 8.01. The molecule has 1 aliphatic heterocycles. The summed E-state index contributed by atoms with van der Waals surface area (Å²) in [6, 6.07) is 8.29. The number of nitrogens with two attached hydrogens (primary N) is 1. The Kier molecular flexibility index (Phi) is 3.54. The van der Waals surface area contributed by atoms with E-state index >= 15 is 0 Å². The van der Waals surface area contributed by atoms with E-state index in [1.807, 2.05) is 12.1 Å². The van der Waals surface area contributed by atoms with Gasteiger partial charge in [0.25, 0.3) is 0 Å². The molecule has 1 aromatic rings. The molecule has 1 heterocycles. The minimum atomic E-state index is -0.133. The lowest BCUT2D eigenvalue weighted by Gasteiger charge is -2.29. The van der Waals surface area contributed by atoms with Gasteiger partial charge in [0.2, 0.25) is 5.91 Å². The van der Waals surface area contributed by atoms with Gasteiger partial charge in [0.05, 0.1) is 10.8 Å². The van der Waals surface area contributed by atoms with Gasteiger partial charge in [0.1, 0.15) is 0 Å². The Labute approximate surface area is 118 Å². The summed E-state index contributed by atoms with van der Waals surface area (Å²) >= 11 is 1.68. The maximum absolute atomic E-state index is 12.4. The Bertz CT molecular complexity index is 458. The molecule has 3 rings (SSSR count). The molecule has 0 aromatic heterocycles. The Balaban J connectivity index is 1.67. The number of carbonyl (C=O) groups is 1. The van der Waals surface area contributed by atoms with E-state index in [-0.39, 0.29) is 16.7 Å². The van der Waals surface area contributed by atoms with Gasteiger partial charge in [-0.15, -0.1) is 11.8 Å². The number of rotatable bonds is 3.